The van der Waals surface area contributed by atoms with E-state index < -0.39 is 0 Å². The van der Waals surface area contributed by atoms with Gasteiger partial charge in [-0.25, -0.2) is 15.0 Å². The largest absolute Gasteiger partial charge is 0.309 e. The van der Waals surface area contributed by atoms with Gasteiger partial charge in [-0.05, 0) is 64.7 Å². The lowest BCUT2D eigenvalue weighted by atomic mass is 9.96. The van der Waals surface area contributed by atoms with Crippen LogP contribution in [0.5, 0.6) is 0 Å². The van der Waals surface area contributed by atoms with E-state index in [1.807, 2.05) is 12.1 Å². The number of nitrogens with zero attached hydrogens (tertiary/aromatic N) is 4. The lowest BCUT2D eigenvalue weighted by Gasteiger charge is -2.14. The molecule has 0 amide bonds. The minimum Gasteiger partial charge on any atom is -0.309 e. The first-order chi connectivity index (χ1) is 31.2. The lowest BCUT2D eigenvalue weighted by molar-refractivity contribution is 1.18. The maximum atomic E-state index is 5.26. The predicted octanol–water partition coefficient (Wildman–Crippen LogP) is 15.3. The van der Waals surface area contributed by atoms with Gasteiger partial charge in [0.15, 0.2) is 5.82 Å². The van der Waals surface area contributed by atoms with Gasteiger partial charge in [-0.3, -0.25) is 0 Å². The minimum atomic E-state index is 0.694. The van der Waals surface area contributed by atoms with E-state index >= 15 is 0 Å². The molecule has 0 N–H and O–H groups in total. The van der Waals surface area contributed by atoms with Crippen LogP contribution in [0.25, 0.3) is 117 Å². The number of pyridine rings is 1. The highest BCUT2D eigenvalue weighted by Crippen LogP contribution is 2.43. The van der Waals surface area contributed by atoms with Crippen molar-refractivity contribution in [2.24, 2.45) is 0 Å². The molecule has 0 fully saturated rings. The summed E-state index contributed by atoms with van der Waals surface area (Å²) in [6, 6.07) is 81.5. The summed E-state index contributed by atoms with van der Waals surface area (Å²) >= 11 is 0. The summed E-state index contributed by atoms with van der Waals surface area (Å²) in [4.78, 5) is 15.5. The fourth-order valence-corrected chi connectivity index (χ4v) is 9.19. The van der Waals surface area contributed by atoms with Gasteiger partial charge in [-0.1, -0.05) is 188 Å². The molecule has 12 aromatic rings. The monoisotopic (exact) mass is 802 g/mol. The van der Waals surface area contributed by atoms with E-state index in [1.54, 1.807) is 0 Å². The van der Waals surface area contributed by atoms with Crippen molar-refractivity contribution in [1.82, 2.24) is 19.5 Å². The maximum Gasteiger partial charge on any atom is 0.160 e. The summed E-state index contributed by atoms with van der Waals surface area (Å²) in [5.41, 5.74) is 15.9. The number of benzene rings is 9. The van der Waals surface area contributed by atoms with Crippen molar-refractivity contribution < 1.29 is 0 Å². The summed E-state index contributed by atoms with van der Waals surface area (Å²) in [6.07, 6.45) is 0. The van der Waals surface area contributed by atoms with Crippen LogP contribution >= 0.6 is 0 Å². The molecule has 0 aliphatic rings. The third kappa shape index (κ3) is 6.44. The Kier molecular flexibility index (Phi) is 8.79. The zero-order valence-electron chi connectivity index (χ0n) is 34.2. The van der Waals surface area contributed by atoms with Crippen molar-refractivity contribution in [3.05, 3.63) is 231 Å². The van der Waals surface area contributed by atoms with Crippen molar-refractivity contribution in [3.8, 4) is 73.1 Å². The van der Waals surface area contributed by atoms with Crippen LogP contribution in [-0.2, 0) is 0 Å². The molecule has 12 rings (SSSR count). The Morgan fingerprint density at radius 3 is 1.44 bits per heavy atom. The molecule has 0 saturated heterocycles. The van der Waals surface area contributed by atoms with Crippen LogP contribution in [0.15, 0.2) is 231 Å². The van der Waals surface area contributed by atoms with Gasteiger partial charge in [0.2, 0.25) is 0 Å². The van der Waals surface area contributed by atoms with Gasteiger partial charge >= 0.3 is 0 Å². The summed E-state index contributed by atoms with van der Waals surface area (Å²) in [6.45, 7) is 0. The van der Waals surface area contributed by atoms with Crippen LogP contribution in [0.1, 0.15) is 0 Å². The lowest BCUT2D eigenvalue weighted by Crippen LogP contribution is -1.96. The fraction of sp³-hybridized carbons (Fsp3) is 0. The van der Waals surface area contributed by atoms with E-state index in [9.17, 15) is 0 Å². The van der Waals surface area contributed by atoms with Gasteiger partial charge in [0.1, 0.15) is 0 Å². The van der Waals surface area contributed by atoms with Gasteiger partial charge in [0.05, 0.1) is 33.6 Å². The molecule has 0 saturated carbocycles. The molecule has 3 heterocycles. The Hall–Kier alpha value is -8.47. The normalized spacial score (nSPS) is 11.5. The average Bonchev–Trinajstić information content (AvgIpc) is 3.71. The Balaban J connectivity index is 1.01. The molecule has 0 radical (unpaired) electrons. The third-order valence-electron chi connectivity index (χ3n) is 12.2. The summed E-state index contributed by atoms with van der Waals surface area (Å²) < 4.78 is 2.46. The van der Waals surface area contributed by atoms with Crippen molar-refractivity contribution in [2.45, 2.75) is 0 Å². The SMILES string of the molecule is c1ccc(-c2cc(-c3ccccc3)nc(-c3cccc(-c4cccc(-c5ccc6c7ccc8c(-c9ccccc9)nc9ccccc9c8c7n(-c7ccccc7)c6c5)c4)c3)n2)cc1. The minimum absolute atomic E-state index is 0.694. The number of fused-ring (bicyclic) bond motifs is 7. The molecule has 0 aliphatic heterocycles. The highest BCUT2D eigenvalue weighted by Gasteiger charge is 2.20. The van der Waals surface area contributed by atoms with Crippen LogP contribution in [0.2, 0.25) is 0 Å². The quantitative estimate of drug-likeness (QED) is 0.151. The Bertz CT molecular complexity index is 3600. The maximum absolute atomic E-state index is 5.26. The molecule has 9 aromatic carbocycles. The second-order valence-electron chi connectivity index (χ2n) is 16.0. The molecule has 294 valence electrons. The molecular formula is C59H38N4. The van der Waals surface area contributed by atoms with Crippen LogP contribution in [0.3, 0.4) is 0 Å². The van der Waals surface area contributed by atoms with Gasteiger partial charge in [0.25, 0.3) is 0 Å². The summed E-state index contributed by atoms with van der Waals surface area (Å²) in [5, 5.41) is 5.90. The molecule has 4 heteroatoms. The number of para-hydroxylation sites is 2. The third-order valence-corrected chi connectivity index (χ3v) is 12.2. The highest BCUT2D eigenvalue weighted by molar-refractivity contribution is 6.27. The highest BCUT2D eigenvalue weighted by atomic mass is 15.0. The van der Waals surface area contributed by atoms with Gasteiger partial charge < -0.3 is 4.57 Å². The van der Waals surface area contributed by atoms with Gasteiger partial charge in [0, 0.05) is 54.9 Å². The first-order valence-corrected chi connectivity index (χ1v) is 21.4. The molecule has 0 spiro atoms. The number of hydrogen-bond donors (Lipinski definition) is 0. The summed E-state index contributed by atoms with van der Waals surface area (Å²) in [7, 11) is 0. The molecule has 0 aliphatic carbocycles. The second kappa shape index (κ2) is 15.2. The van der Waals surface area contributed by atoms with Crippen molar-refractivity contribution >= 4 is 43.5 Å². The van der Waals surface area contributed by atoms with Crippen LogP contribution in [-0.4, -0.2) is 19.5 Å². The predicted molar refractivity (Wildman–Crippen MR) is 262 cm³/mol. The standard InChI is InChI=1S/C59H38N4/c1-5-17-39(18-6-1)53-38-54(40-19-7-2-8-20-40)62-59(61-53)46-26-16-25-44(36-46)42-23-15-24-43(35-42)45-31-32-48-49-33-34-51-56(58(49)63(55(48)37-45)47-27-11-4-12-28-47)50-29-13-14-30-52(50)60-57(51)41-21-9-3-10-22-41/h1-38H. The first kappa shape index (κ1) is 36.4. The smallest absolute Gasteiger partial charge is 0.160 e. The van der Waals surface area contributed by atoms with E-state index in [0.717, 1.165) is 89.1 Å². The van der Waals surface area contributed by atoms with Gasteiger partial charge in [-0.2, -0.15) is 0 Å². The molecular weight excluding hydrogens is 765 g/mol. The molecule has 0 atom stereocenters. The van der Waals surface area contributed by atoms with Crippen molar-refractivity contribution in [1.29, 1.82) is 0 Å². The fourth-order valence-electron chi connectivity index (χ4n) is 9.19. The van der Waals surface area contributed by atoms with Crippen LogP contribution in [0, 0.1) is 0 Å². The van der Waals surface area contributed by atoms with E-state index in [2.05, 4.69) is 223 Å². The van der Waals surface area contributed by atoms with Gasteiger partial charge in [-0.15, -0.1) is 0 Å². The van der Waals surface area contributed by atoms with Crippen molar-refractivity contribution in [3.63, 3.8) is 0 Å². The van der Waals surface area contributed by atoms with E-state index in [0.29, 0.717) is 5.82 Å². The number of aromatic nitrogens is 4. The van der Waals surface area contributed by atoms with Crippen molar-refractivity contribution in [2.75, 3.05) is 0 Å². The second-order valence-corrected chi connectivity index (χ2v) is 16.0. The zero-order chi connectivity index (χ0) is 41.7. The molecule has 63 heavy (non-hydrogen) atoms. The topological polar surface area (TPSA) is 43.6 Å². The first-order valence-electron chi connectivity index (χ1n) is 21.4. The summed E-state index contributed by atoms with van der Waals surface area (Å²) in [5.74, 6) is 0.694. The Morgan fingerprint density at radius 1 is 0.302 bits per heavy atom. The molecule has 0 bridgehead atoms. The van der Waals surface area contributed by atoms with E-state index in [4.69, 9.17) is 15.0 Å². The van der Waals surface area contributed by atoms with Crippen LogP contribution < -0.4 is 0 Å². The number of hydrogen-bond acceptors (Lipinski definition) is 3. The van der Waals surface area contributed by atoms with E-state index in [1.165, 1.54) is 21.7 Å². The van der Waals surface area contributed by atoms with E-state index in [-0.39, 0.29) is 0 Å². The average molecular weight is 803 g/mol. The molecule has 4 nitrogen and oxygen atoms in total. The zero-order valence-corrected chi connectivity index (χ0v) is 34.2. The van der Waals surface area contributed by atoms with Crippen LogP contribution in [0.4, 0.5) is 0 Å². The Labute approximate surface area is 365 Å². The number of rotatable bonds is 7. The molecule has 0 unspecified atom stereocenters. The Morgan fingerprint density at radius 2 is 0.794 bits per heavy atom. The molecule has 3 aromatic heterocycles.